The highest BCUT2D eigenvalue weighted by atomic mass is 16.5. The average molecular weight is 251 g/mol. The Balaban J connectivity index is 2.61. The molecule has 1 aromatic rings. The van der Waals surface area contributed by atoms with Gasteiger partial charge in [0.2, 0.25) is 0 Å². The Labute approximate surface area is 108 Å². The zero-order chi connectivity index (χ0) is 13.4. The van der Waals surface area contributed by atoms with Gasteiger partial charge in [-0.3, -0.25) is 4.79 Å². The van der Waals surface area contributed by atoms with Gasteiger partial charge < -0.3 is 14.7 Å². The number of hydrogen-bond acceptors (Lipinski definition) is 3. The lowest BCUT2D eigenvalue weighted by Crippen LogP contribution is -2.25. The summed E-state index contributed by atoms with van der Waals surface area (Å²) >= 11 is 0. The standard InChI is InChI=1S/C14H21NO3/c1-3-10-15(11-4-5-14(16)17)12-6-8-13(18-2)9-7-12/h6-9H,3-5,10-11H2,1-2H3,(H,16,17). The summed E-state index contributed by atoms with van der Waals surface area (Å²) in [6, 6.07) is 7.87. The van der Waals surface area contributed by atoms with E-state index in [1.165, 1.54) is 0 Å². The van der Waals surface area contributed by atoms with Gasteiger partial charge in [-0.15, -0.1) is 0 Å². The molecule has 18 heavy (non-hydrogen) atoms. The Hall–Kier alpha value is -1.71. The van der Waals surface area contributed by atoms with E-state index in [-0.39, 0.29) is 6.42 Å². The summed E-state index contributed by atoms with van der Waals surface area (Å²) in [4.78, 5) is 12.7. The average Bonchev–Trinajstić information content (AvgIpc) is 2.37. The molecule has 0 aromatic heterocycles. The summed E-state index contributed by atoms with van der Waals surface area (Å²) < 4.78 is 5.13. The van der Waals surface area contributed by atoms with Crippen molar-refractivity contribution in [3.63, 3.8) is 0 Å². The van der Waals surface area contributed by atoms with E-state index in [1.54, 1.807) is 7.11 Å². The SMILES string of the molecule is CCCN(CCCC(=O)O)c1ccc(OC)cc1. The van der Waals surface area contributed by atoms with Crippen molar-refractivity contribution < 1.29 is 14.6 Å². The zero-order valence-corrected chi connectivity index (χ0v) is 11.1. The van der Waals surface area contributed by atoms with E-state index in [0.29, 0.717) is 6.42 Å². The van der Waals surface area contributed by atoms with Gasteiger partial charge in [0.25, 0.3) is 0 Å². The largest absolute Gasteiger partial charge is 0.497 e. The lowest BCUT2D eigenvalue weighted by atomic mass is 10.2. The smallest absolute Gasteiger partial charge is 0.303 e. The molecule has 1 N–H and O–H groups in total. The highest BCUT2D eigenvalue weighted by Crippen LogP contribution is 2.19. The van der Waals surface area contributed by atoms with E-state index in [4.69, 9.17) is 9.84 Å². The fraction of sp³-hybridized carbons (Fsp3) is 0.500. The number of anilines is 1. The van der Waals surface area contributed by atoms with Gasteiger partial charge >= 0.3 is 5.97 Å². The van der Waals surface area contributed by atoms with Crippen molar-refractivity contribution in [3.8, 4) is 5.75 Å². The van der Waals surface area contributed by atoms with Crippen LogP contribution in [0, 0.1) is 0 Å². The van der Waals surface area contributed by atoms with Crippen LogP contribution in [-0.4, -0.2) is 31.3 Å². The minimum atomic E-state index is -0.735. The van der Waals surface area contributed by atoms with Gasteiger partial charge in [0.1, 0.15) is 5.75 Å². The number of benzene rings is 1. The van der Waals surface area contributed by atoms with Crippen molar-refractivity contribution in [1.82, 2.24) is 0 Å². The second-order valence-corrected chi connectivity index (χ2v) is 4.18. The van der Waals surface area contributed by atoms with Crippen molar-refractivity contribution in [3.05, 3.63) is 24.3 Å². The summed E-state index contributed by atoms with van der Waals surface area (Å²) in [5.41, 5.74) is 1.11. The van der Waals surface area contributed by atoms with Gasteiger partial charge in [-0.1, -0.05) is 6.92 Å². The minimum absolute atomic E-state index is 0.219. The first-order chi connectivity index (χ1) is 8.67. The monoisotopic (exact) mass is 251 g/mol. The summed E-state index contributed by atoms with van der Waals surface area (Å²) in [7, 11) is 1.64. The van der Waals surface area contributed by atoms with Crippen LogP contribution in [0.25, 0.3) is 0 Å². The van der Waals surface area contributed by atoms with Crippen LogP contribution in [0.4, 0.5) is 5.69 Å². The van der Waals surface area contributed by atoms with Crippen LogP contribution in [0.15, 0.2) is 24.3 Å². The molecule has 4 heteroatoms. The van der Waals surface area contributed by atoms with E-state index < -0.39 is 5.97 Å². The van der Waals surface area contributed by atoms with Gasteiger partial charge in [0.05, 0.1) is 7.11 Å². The molecule has 0 spiro atoms. The van der Waals surface area contributed by atoms with E-state index in [0.717, 1.165) is 30.9 Å². The van der Waals surface area contributed by atoms with Gasteiger partial charge in [0.15, 0.2) is 0 Å². The molecule has 0 saturated carbocycles. The second kappa shape index (κ2) is 7.58. The summed E-state index contributed by atoms with van der Waals surface area (Å²) in [6.07, 6.45) is 1.93. The molecule has 0 atom stereocenters. The molecule has 0 unspecified atom stereocenters. The van der Waals surface area contributed by atoms with Gasteiger partial charge in [-0.2, -0.15) is 0 Å². The maximum absolute atomic E-state index is 10.5. The molecule has 1 aromatic carbocycles. The topological polar surface area (TPSA) is 49.8 Å². The zero-order valence-electron chi connectivity index (χ0n) is 11.1. The maximum Gasteiger partial charge on any atom is 0.303 e. The summed E-state index contributed by atoms with van der Waals surface area (Å²) in [5, 5.41) is 8.66. The lowest BCUT2D eigenvalue weighted by molar-refractivity contribution is -0.137. The minimum Gasteiger partial charge on any atom is -0.497 e. The van der Waals surface area contributed by atoms with Crippen LogP contribution >= 0.6 is 0 Å². The molecule has 0 aliphatic rings. The molecule has 0 fully saturated rings. The third kappa shape index (κ3) is 4.65. The fourth-order valence-corrected chi connectivity index (χ4v) is 1.85. The highest BCUT2D eigenvalue weighted by molar-refractivity contribution is 5.66. The van der Waals surface area contributed by atoms with Crippen LogP contribution in [0.5, 0.6) is 5.75 Å². The predicted molar refractivity (Wildman–Crippen MR) is 72.4 cm³/mol. The van der Waals surface area contributed by atoms with E-state index in [1.807, 2.05) is 24.3 Å². The number of carboxylic acids is 1. The first-order valence-electron chi connectivity index (χ1n) is 6.28. The molecule has 0 aliphatic heterocycles. The van der Waals surface area contributed by atoms with Gasteiger partial charge in [-0.25, -0.2) is 0 Å². The number of aliphatic carboxylic acids is 1. The van der Waals surface area contributed by atoms with Crippen molar-refractivity contribution in [2.75, 3.05) is 25.1 Å². The molecule has 0 aliphatic carbocycles. The molecule has 1 rings (SSSR count). The molecule has 0 bridgehead atoms. The molecule has 100 valence electrons. The van der Waals surface area contributed by atoms with E-state index >= 15 is 0 Å². The van der Waals surface area contributed by atoms with Crippen LogP contribution in [0.2, 0.25) is 0 Å². The number of nitrogens with zero attached hydrogens (tertiary/aromatic N) is 1. The van der Waals surface area contributed by atoms with E-state index in [2.05, 4.69) is 11.8 Å². The van der Waals surface area contributed by atoms with Crippen molar-refractivity contribution >= 4 is 11.7 Å². The Morgan fingerprint density at radius 3 is 2.44 bits per heavy atom. The fourth-order valence-electron chi connectivity index (χ4n) is 1.85. The lowest BCUT2D eigenvalue weighted by Gasteiger charge is -2.24. The van der Waals surface area contributed by atoms with E-state index in [9.17, 15) is 4.79 Å². The van der Waals surface area contributed by atoms with Crippen LogP contribution in [0.3, 0.4) is 0 Å². The maximum atomic E-state index is 10.5. The van der Waals surface area contributed by atoms with Gasteiger partial charge in [-0.05, 0) is 37.1 Å². The molecule has 0 heterocycles. The molecular weight excluding hydrogens is 230 g/mol. The molecule has 4 nitrogen and oxygen atoms in total. The van der Waals surface area contributed by atoms with Crippen LogP contribution < -0.4 is 9.64 Å². The second-order valence-electron chi connectivity index (χ2n) is 4.18. The van der Waals surface area contributed by atoms with Crippen LogP contribution in [0.1, 0.15) is 26.2 Å². The summed E-state index contributed by atoms with van der Waals surface area (Å²) in [6.45, 7) is 3.83. The van der Waals surface area contributed by atoms with Gasteiger partial charge in [0, 0.05) is 25.2 Å². The number of carboxylic acid groups (broad SMARTS) is 1. The predicted octanol–water partition coefficient (Wildman–Crippen LogP) is 2.78. The summed E-state index contributed by atoms with van der Waals surface area (Å²) in [5.74, 6) is 0.0990. The molecular formula is C14H21NO3. The van der Waals surface area contributed by atoms with Crippen molar-refractivity contribution in [2.45, 2.75) is 26.2 Å². The molecule has 0 saturated heterocycles. The third-order valence-corrected chi connectivity index (χ3v) is 2.75. The first kappa shape index (κ1) is 14.4. The number of ether oxygens (including phenoxy) is 1. The van der Waals surface area contributed by atoms with Crippen molar-refractivity contribution in [1.29, 1.82) is 0 Å². The Kier molecular flexibility index (Phi) is 6.05. The Bertz CT molecular complexity index is 362. The first-order valence-corrected chi connectivity index (χ1v) is 6.28. The quantitative estimate of drug-likeness (QED) is 0.772. The number of hydrogen-bond donors (Lipinski definition) is 1. The Morgan fingerprint density at radius 1 is 1.28 bits per heavy atom. The highest BCUT2D eigenvalue weighted by Gasteiger charge is 2.06. The normalized spacial score (nSPS) is 10.1. The number of methoxy groups -OCH3 is 1. The number of carbonyl (C=O) groups is 1. The van der Waals surface area contributed by atoms with Crippen molar-refractivity contribution in [2.24, 2.45) is 0 Å². The van der Waals surface area contributed by atoms with Crippen LogP contribution in [-0.2, 0) is 4.79 Å². The Morgan fingerprint density at radius 2 is 1.94 bits per heavy atom. The molecule has 0 amide bonds. The molecule has 0 radical (unpaired) electrons. The number of rotatable bonds is 8. The third-order valence-electron chi connectivity index (χ3n) is 2.75.